The van der Waals surface area contributed by atoms with Crippen LogP contribution in [0, 0.1) is 0 Å². The molecular weight excluding hydrogens is 158 g/mol. The molecule has 0 saturated carbocycles. The van der Waals surface area contributed by atoms with Gasteiger partial charge in [0.2, 0.25) is 0 Å². The number of nitrogens with zero attached hydrogens (tertiary/aromatic N) is 1. The maximum absolute atomic E-state index is 11.0. The van der Waals surface area contributed by atoms with E-state index < -0.39 is 0 Å². The summed E-state index contributed by atoms with van der Waals surface area (Å²) in [5, 5.41) is 0. The van der Waals surface area contributed by atoms with Crippen LogP contribution in [0.25, 0.3) is 0 Å². The fourth-order valence-corrected chi connectivity index (χ4v) is 0.834. The molecule has 0 aliphatic heterocycles. The monoisotopic (exact) mass is 175 g/mol. The summed E-state index contributed by atoms with van der Waals surface area (Å²) in [7, 11) is 5.05. The largest absolute Gasteiger partial charge is 0.383 e. The highest BCUT2D eigenvalue weighted by Crippen LogP contribution is 1.84. The van der Waals surface area contributed by atoms with Crippen molar-refractivity contribution < 1.29 is 14.3 Å². The zero-order valence-electron chi connectivity index (χ0n) is 8.00. The number of ether oxygens (including phenoxy) is 2. The minimum atomic E-state index is 0.0936. The van der Waals surface area contributed by atoms with Crippen LogP contribution in [0.4, 0.5) is 0 Å². The molecule has 0 fully saturated rings. The Morgan fingerprint density at radius 1 is 1.33 bits per heavy atom. The molecule has 0 heterocycles. The lowest BCUT2D eigenvalue weighted by Crippen LogP contribution is -2.30. The molecule has 0 aromatic carbocycles. The van der Waals surface area contributed by atoms with E-state index in [4.69, 9.17) is 9.47 Å². The summed E-state index contributed by atoms with van der Waals surface area (Å²) in [6.07, 6.45) is 0. The number of hydrogen-bond acceptors (Lipinski definition) is 4. The first kappa shape index (κ1) is 11.6. The lowest BCUT2D eigenvalue weighted by molar-refractivity contribution is -0.123. The fraction of sp³-hybridized carbons (Fsp3) is 0.875. The van der Waals surface area contributed by atoms with Crippen LogP contribution >= 0.6 is 0 Å². The van der Waals surface area contributed by atoms with Crippen molar-refractivity contribution in [3.8, 4) is 0 Å². The third-order valence-electron chi connectivity index (χ3n) is 1.43. The molecule has 0 N–H and O–H groups in total. The average Bonchev–Trinajstić information content (AvgIpc) is 2.01. The molecule has 0 aromatic heterocycles. The van der Waals surface area contributed by atoms with Gasteiger partial charge in [0.15, 0.2) is 5.78 Å². The normalized spacial score (nSPS) is 10.7. The molecule has 0 saturated heterocycles. The van der Waals surface area contributed by atoms with Gasteiger partial charge in [-0.1, -0.05) is 0 Å². The SMILES string of the molecule is COCCN(C)CC(=O)COC. The van der Waals surface area contributed by atoms with Crippen molar-refractivity contribution in [3.05, 3.63) is 0 Å². The minimum Gasteiger partial charge on any atom is -0.383 e. The molecule has 0 bridgehead atoms. The van der Waals surface area contributed by atoms with Gasteiger partial charge in [0.05, 0.1) is 13.2 Å². The highest BCUT2D eigenvalue weighted by Gasteiger charge is 2.04. The smallest absolute Gasteiger partial charge is 0.172 e. The van der Waals surface area contributed by atoms with Gasteiger partial charge < -0.3 is 9.47 Å². The predicted molar refractivity (Wildman–Crippen MR) is 46.3 cm³/mol. The highest BCUT2D eigenvalue weighted by molar-refractivity contribution is 5.81. The summed E-state index contributed by atoms with van der Waals surface area (Å²) in [5.41, 5.74) is 0. The van der Waals surface area contributed by atoms with Crippen molar-refractivity contribution >= 4 is 5.78 Å². The fourth-order valence-electron chi connectivity index (χ4n) is 0.834. The molecule has 4 heteroatoms. The van der Waals surface area contributed by atoms with Crippen LogP contribution < -0.4 is 0 Å². The number of methoxy groups -OCH3 is 2. The van der Waals surface area contributed by atoms with Gasteiger partial charge in [0.1, 0.15) is 6.61 Å². The maximum Gasteiger partial charge on any atom is 0.172 e. The lowest BCUT2D eigenvalue weighted by atomic mass is 10.4. The number of carbonyl (C=O) groups excluding carboxylic acids is 1. The van der Waals surface area contributed by atoms with Crippen molar-refractivity contribution in [1.82, 2.24) is 4.90 Å². The molecule has 0 spiro atoms. The van der Waals surface area contributed by atoms with E-state index >= 15 is 0 Å². The Labute approximate surface area is 73.4 Å². The molecule has 0 aromatic rings. The van der Waals surface area contributed by atoms with Gasteiger partial charge in [0, 0.05) is 20.8 Å². The third kappa shape index (κ3) is 6.27. The Hall–Kier alpha value is -0.450. The molecule has 0 unspecified atom stereocenters. The first-order valence-corrected chi connectivity index (χ1v) is 3.88. The average molecular weight is 175 g/mol. The van der Waals surface area contributed by atoms with Gasteiger partial charge in [-0.05, 0) is 7.05 Å². The quantitative estimate of drug-likeness (QED) is 0.536. The number of carbonyl (C=O) groups is 1. The molecule has 4 nitrogen and oxygen atoms in total. The van der Waals surface area contributed by atoms with Crippen LogP contribution in [0.1, 0.15) is 0 Å². The molecule has 0 rings (SSSR count). The van der Waals surface area contributed by atoms with Crippen molar-refractivity contribution in [1.29, 1.82) is 0 Å². The van der Waals surface area contributed by atoms with E-state index in [9.17, 15) is 4.79 Å². The van der Waals surface area contributed by atoms with Gasteiger partial charge in [-0.25, -0.2) is 0 Å². The van der Waals surface area contributed by atoms with Crippen molar-refractivity contribution in [2.24, 2.45) is 0 Å². The van der Waals surface area contributed by atoms with Crippen LogP contribution in [-0.2, 0) is 14.3 Å². The third-order valence-corrected chi connectivity index (χ3v) is 1.43. The molecule has 12 heavy (non-hydrogen) atoms. The predicted octanol–water partition coefficient (Wildman–Crippen LogP) is -0.220. The Kier molecular flexibility index (Phi) is 6.94. The van der Waals surface area contributed by atoms with Crippen molar-refractivity contribution in [2.75, 3.05) is 47.6 Å². The van der Waals surface area contributed by atoms with Gasteiger partial charge in [-0.2, -0.15) is 0 Å². The van der Waals surface area contributed by atoms with E-state index in [2.05, 4.69) is 0 Å². The topological polar surface area (TPSA) is 38.8 Å². The minimum absolute atomic E-state index is 0.0936. The molecule has 0 aliphatic carbocycles. The lowest BCUT2D eigenvalue weighted by Gasteiger charge is -2.14. The number of ketones is 1. The second kappa shape index (κ2) is 7.21. The number of hydrogen-bond donors (Lipinski definition) is 0. The summed E-state index contributed by atoms with van der Waals surface area (Å²) in [6, 6.07) is 0. The second-order valence-corrected chi connectivity index (χ2v) is 2.70. The van der Waals surface area contributed by atoms with Crippen LogP contribution in [0.2, 0.25) is 0 Å². The zero-order chi connectivity index (χ0) is 9.40. The summed E-state index contributed by atoms with van der Waals surface area (Å²) in [5.74, 6) is 0.0936. The van der Waals surface area contributed by atoms with Crippen LogP contribution in [0.15, 0.2) is 0 Å². The van der Waals surface area contributed by atoms with E-state index in [1.165, 1.54) is 7.11 Å². The van der Waals surface area contributed by atoms with Crippen molar-refractivity contribution in [2.45, 2.75) is 0 Å². The van der Waals surface area contributed by atoms with Crippen LogP contribution in [0.5, 0.6) is 0 Å². The summed E-state index contributed by atoms with van der Waals surface area (Å²) in [4.78, 5) is 12.9. The van der Waals surface area contributed by atoms with Crippen LogP contribution in [-0.4, -0.2) is 58.3 Å². The number of rotatable bonds is 7. The van der Waals surface area contributed by atoms with E-state index in [1.807, 2.05) is 11.9 Å². The first-order chi connectivity index (χ1) is 5.70. The van der Waals surface area contributed by atoms with Crippen molar-refractivity contribution in [3.63, 3.8) is 0 Å². The molecular formula is C8H17NO3. The first-order valence-electron chi connectivity index (χ1n) is 3.88. The van der Waals surface area contributed by atoms with E-state index in [1.54, 1.807) is 7.11 Å². The van der Waals surface area contributed by atoms with Gasteiger partial charge in [0.25, 0.3) is 0 Å². The van der Waals surface area contributed by atoms with Gasteiger partial charge >= 0.3 is 0 Å². The number of likely N-dealkylation sites (N-methyl/N-ethyl adjacent to an activating group) is 1. The molecule has 0 amide bonds. The summed E-state index contributed by atoms with van der Waals surface area (Å²) < 4.78 is 9.57. The van der Waals surface area contributed by atoms with Gasteiger partial charge in [-0.15, -0.1) is 0 Å². The Morgan fingerprint density at radius 3 is 2.50 bits per heavy atom. The maximum atomic E-state index is 11.0. The second-order valence-electron chi connectivity index (χ2n) is 2.70. The Morgan fingerprint density at radius 2 is 2.00 bits per heavy atom. The molecule has 72 valence electrons. The summed E-state index contributed by atoms with van der Waals surface area (Å²) >= 11 is 0. The molecule has 0 aliphatic rings. The highest BCUT2D eigenvalue weighted by atomic mass is 16.5. The van der Waals surface area contributed by atoms with E-state index in [0.717, 1.165) is 6.54 Å². The van der Waals surface area contributed by atoms with E-state index in [0.29, 0.717) is 13.2 Å². The Bertz CT molecular complexity index is 127. The Balaban J connectivity index is 3.40. The molecule has 0 atom stereocenters. The standard InChI is InChI=1S/C8H17NO3/c1-9(4-5-11-2)6-8(10)7-12-3/h4-7H2,1-3H3. The number of Topliss-reactive ketones (excluding diaryl/α,β-unsaturated/α-hetero) is 1. The van der Waals surface area contributed by atoms with Gasteiger partial charge in [-0.3, -0.25) is 9.69 Å². The van der Waals surface area contributed by atoms with Crippen LogP contribution in [0.3, 0.4) is 0 Å². The summed E-state index contributed by atoms with van der Waals surface area (Å²) in [6.45, 7) is 2.04. The zero-order valence-corrected chi connectivity index (χ0v) is 8.00. The molecule has 0 radical (unpaired) electrons. The van der Waals surface area contributed by atoms with E-state index in [-0.39, 0.29) is 12.4 Å².